The molecule has 2 heterocycles. The first kappa shape index (κ1) is 23.0. The Hall–Kier alpha value is -3.17. The van der Waals surface area contributed by atoms with Crippen LogP contribution in [-0.2, 0) is 11.5 Å². The van der Waals surface area contributed by atoms with Gasteiger partial charge in [-0.05, 0) is 26.7 Å². The Balaban J connectivity index is 1.85. The average molecular weight is 464 g/mol. The Morgan fingerprint density at radius 2 is 2.00 bits per heavy atom. The topological polar surface area (TPSA) is 69.0 Å². The summed E-state index contributed by atoms with van der Waals surface area (Å²) < 4.78 is 62.9. The lowest BCUT2D eigenvalue weighted by Gasteiger charge is -2.22. The third kappa shape index (κ3) is 3.91. The molecule has 1 fully saturated rings. The van der Waals surface area contributed by atoms with Gasteiger partial charge in [-0.25, -0.2) is 27.5 Å². The van der Waals surface area contributed by atoms with Crippen LogP contribution in [0.5, 0.6) is 5.75 Å². The summed E-state index contributed by atoms with van der Waals surface area (Å²) in [4.78, 5) is 21.7. The van der Waals surface area contributed by atoms with E-state index in [0.717, 1.165) is 6.07 Å². The van der Waals surface area contributed by atoms with Crippen LogP contribution in [0, 0.1) is 12.7 Å². The largest absolute Gasteiger partial charge is 0.490 e. The standard InChI is InChI=1S/C23H24F4N4O2/c1-12(14-6-5-7-16(17(14)25)22(3,26)27)28-20-15-10-31(23(11-24)8-9-23)21(32)19(33-4)18(15)29-13(2)30-20/h5-7,10,12H,8-9,11H2,1-4H3,(H,28,29,30)/t12-/m1/s1. The fourth-order valence-electron chi connectivity index (χ4n) is 4.01. The maximum atomic E-state index is 14.9. The van der Waals surface area contributed by atoms with Crippen molar-refractivity contribution in [1.82, 2.24) is 14.5 Å². The van der Waals surface area contributed by atoms with Gasteiger partial charge in [0, 0.05) is 18.7 Å². The highest BCUT2D eigenvalue weighted by molar-refractivity contribution is 5.92. The van der Waals surface area contributed by atoms with Gasteiger partial charge in [0.2, 0.25) is 5.75 Å². The van der Waals surface area contributed by atoms with Gasteiger partial charge < -0.3 is 14.6 Å². The van der Waals surface area contributed by atoms with Gasteiger partial charge in [0.05, 0.1) is 29.6 Å². The third-order valence-electron chi connectivity index (χ3n) is 6.06. The summed E-state index contributed by atoms with van der Waals surface area (Å²) >= 11 is 0. The van der Waals surface area contributed by atoms with E-state index < -0.39 is 41.1 Å². The molecule has 0 amide bonds. The van der Waals surface area contributed by atoms with Crippen molar-refractivity contribution in [3.63, 3.8) is 0 Å². The van der Waals surface area contributed by atoms with Crippen LogP contribution in [-0.4, -0.2) is 28.3 Å². The first-order valence-corrected chi connectivity index (χ1v) is 10.5. The Bertz CT molecular complexity index is 1280. The van der Waals surface area contributed by atoms with Crippen molar-refractivity contribution in [1.29, 1.82) is 0 Å². The monoisotopic (exact) mass is 464 g/mol. The van der Waals surface area contributed by atoms with Gasteiger partial charge in [0.15, 0.2) is 0 Å². The van der Waals surface area contributed by atoms with Gasteiger partial charge in [-0.15, -0.1) is 0 Å². The van der Waals surface area contributed by atoms with E-state index in [-0.39, 0.29) is 22.6 Å². The minimum Gasteiger partial charge on any atom is -0.490 e. The second-order valence-electron chi connectivity index (χ2n) is 8.54. The van der Waals surface area contributed by atoms with Crippen LogP contribution in [0.15, 0.2) is 29.2 Å². The van der Waals surface area contributed by atoms with Crippen molar-refractivity contribution in [2.75, 3.05) is 19.1 Å². The quantitative estimate of drug-likeness (QED) is 0.499. The van der Waals surface area contributed by atoms with Crippen LogP contribution < -0.4 is 15.6 Å². The van der Waals surface area contributed by atoms with Crippen LogP contribution in [0.1, 0.15) is 49.7 Å². The van der Waals surface area contributed by atoms with Gasteiger partial charge in [0.1, 0.15) is 29.7 Å². The number of rotatable bonds is 7. The molecular weight excluding hydrogens is 440 g/mol. The number of benzene rings is 1. The smallest absolute Gasteiger partial charge is 0.295 e. The highest BCUT2D eigenvalue weighted by Gasteiger charge is 2.46. The van der Waals surface area contributed by atoms with E-state index in [1.807, 2.05) is 0 Å². The zero-order valence-corrected chi connectivity index (χ0v) is 18.7. The van der Waals surface area contributed by atoms with Crippen molar-refractivity contribution in [3.8, 4) is 5.75 Å². The van der Waals surface area contributed by atoms with Crippen molar-refractivity contribution in [2.45, 2.75) is 51.1 Å². The summed E-state index contributed by atoms with van der Waals surface area (Å²) in [6, 6.07) is 3.07. The number of pyridine rings is 1. The molecule has 4 rings (SSSR count). The molecule has 6 nitrogen and oxygen atoms in total. The number of nitrogens with zero attached hydrogens (tertiary/aromatic N) is 3. The molecule has 176 valence electrons. The molecule has 10 heteroatoms. The highest BCUT2D eigenvalue weighted by atomic mass is 19.3. The van der Waals surface area contributed by atoms with Gasteiger partial charge in [-0.2, -0.15) is 0 Å². The van der Waals surface area contributed by atoms with Crippen LogP contribution in [0.4, 0.5) is 23.4 Å². The number of aromatic nitrogens is 3. The number of hydrogen-bond donors (Lipinski definition) is 1. The fraction of sp³-hybridized carbons (Fsp3) is 0.435. The molecule has 0 saturated heterocycles. The van der Waals surface area contributed by atoms with E-state index in [0.29, 0.717) is 31.0 Å². The number of alkyl halides is 3. The van der Waals surface area contributed by atoms with Gasteiger partial charge in [0.25, 0.3) is 11.5 Å². The Labute approximate surface area is 187 Å². The molecule has 1 aliphatic rings. The van der Waals surface area contributed by atoms with Crippen LogP contribution in [0.25, 0.3) is 10.9 Å². The van der Waals surface area contributed by atoms with Gasteiger partial charge in [-0.1, -0.05) is 18.2 Å². The number of fused-ring (bicyclic) bond motifs is 1. The van der Waals surface area contributed by atoms with Crippen LogP contribution >= 0.6 is 0 Å². The number of hydrogen-bond acceptors (Lipinski definition) is 5. The lowest BCUT2D eigenvalue weighted by molar-refractivity contribution is 0.0136. The molecule has 0 aliphatic heterocycles. The maximum Gasteiger partial charge on any atom is 0.295 e. The number of anilines is 1. The molecule has 1 atom stereocenters. The first-order chi connectivity index (χ1) is 15.5. The van der Waals surface area contributed by atoms with E-state index in [1.165, 1.54) is 30.0 Å². The molecule has 0 bridgehead atoms. The Morgan fingerprint density at radius 3 is 2.58 bits per heavy atom. The van der Waals surface area contributed by atoms with E-state index in [2.05, 4.69) is 15.3 Å². The van der Waals surface area contributed by atoms with Crippen molar-refractivity contribution in [3.05, 3.63) is 57.5 Å². The molecule has 33 heavy (non-hydrogen) atoms. The third-order valence-corrected chi connectivity index (χ3v) is 6.06. The summed E-state index contributed by atoms with van der Waals surface area (Å²) in [5.74, 6) is -3.84. The molecule has 1 N–H and O–H groups in total. The van der Waals surface area contributed by atoms with Crippen molar-refractivity contribution in [2.24, 2.45) is 0 Å². The summed E-state index contributed by atoms with van der Waals surface area (Å²) in [5, 5.41) is 3.42. The molecule has 0 radical (unpaired) electrons. The highest BCUT2D eigenvalue weighted by Crippen LogP contribution is 2.44. The number of halogens is 4. The number of aryl methyl sites for hydroxylation is 1. The minimum absolute atomic E-state index is 0.0288. The van der Waals surface area contributed by atoms with Gasteiger partial charge in [-0.3, -0.25) is 4.79 Å². The predicted octanol–water partition coefficient (Wildman–Crippen LogP) is 4.99. The molecule has 1 aromatic carbocycles. The zero-order chi connectivity index (χ0) is 24.1. The predicted molar refractivity (Wildman–Crippen MR) is 116 cm³/mol. The summed E-state index contributed by atoms with van der Waals surface area (Å²) in [5.41, 5.74) is -1.88. The summed E-state index contributed by atoms with van der Waals surface area (Å²) in [6.45, 7) is 3.15. The number of nitrogens with one attached hydrogen (secondary N) is 1. The van der Waals surface area contributed by atoms with Crippen LogP contribution in [0.2, 0.25) is 0 Å². The molecule has 0 spiro atoms. The molecular formula is C23H24F4N4O2. The second-order valence-corrected chi connectivity index (χ2v) is 8.54. The molecule has 2 aromatic heterocycles. The lowest BCUT2D eigenvalue weighted by Crippen LogP contribution is -2.32. The first-order valence-electron chi connectivity index (χ1n) is 10.5. The minimum atomic E-state index is -3.34. The van der Waals surface area contributed by atoms with Gasteiger partial charge >= 0.3 is 0 Å². The summed E-state index contributed by atoms with van der Waals surface area (Å²) in [6.07, 6.45) is 2.49. The van der Waals surface area contributed by atoms with E-state index >= 15 is 0 Å². The molecule has 1 aliphatic carbocycles. The van der Waals surface area contributed by atoms with Crippen LogP contribution in [0.3, 0.4) is 0 Å². The van der Waals surface area contributed by atoms with Crippen molar-refractivity contribution < 1.29 is 22.3 Å². The molecule has 0 unspecified atom stereocenters. The average Bonchev–Trinajstić information content (AvgIpc) is 3.53. The summed E-state index contributed by atoms with van der Waals surface area (Å²) in [7, 11) is 1.33. The van der Waals surface area contributed by atoms with E-state index in [9.17, 15) is 22.4 Å². The maximum absolute atomic E-state index is 14.9. The molecule has 1 saturated carbocycles. The number of ether oxygens (including phenoxy) is 1. The normalized spacial score (nSPS) is 16.0. The molecule has 3 aromatic rings. The fourth-order valence-corrected chi connectivity index (χ4v) is 4.01. The van der Waals surface area contributed by atoms with E-state index in [4.69, 9.17) is 4.74 Å². The number of methoxy groups -OCH3 is 1. The van der Waals surface area contributed by atoms with Crippen molar-refractivity contribution >= 4 is 16.7 Å². The zero-order valence-electron chi connectivity index (χ0n) is 18.7. The van der Waals surface area contributed by atoms with E-state index in [1.54, 1.807) is 13.8 Å². The Morgan fingerprint density at radius 1 is 1.30 bits per heavy atom. The second kappa shape index (κ2) is 8.00. The lowest BCUT2D eigenvalue weighted by atomic mass is 10.0. The Kier molecular flexibility index (Phi) is 5.58. The SMILES string of the molecule is COc1c(=O)n(C2(CF)CC2)cc2c(N[C@H](C)c3cccc(C(C)(F)F)c3F)nc(C)nc12.